The van der Waals surface area contributed by atoms with Crippen molar-refractivity contribution in [2.24, 2.45) is 5.73 Å². The Morgan fingerprint density at radius 1 is 1.46 bits per heavy atom. The maximum absolute atomic E-state index is 5.54. The molecule has 1 aromatic rings. The Morgan fingerprint density at radius 2 is 2.15 bits per heavy atom. The van der Waals surface area contributed by atoms with E-state index in [0.29, 0.717) is 12.5 Å². The van der Waals surface area contributed by atoms with Gasteiger partial charge in [0.1, 0.15) is 5.82 Å². The molecule has 0 aliphatic heterocycles. The lowest BCUT2D eigenvalue weighted by Gasteiger charge is -2.05. The van der Waals surface area contributed by atoms with E-state index in [9.17, 15) is 0 Å². The lowest BCUT2D eigenvalue weighted by atomic mass is 10.0. The molecule has 1 saturated carbocycles. The summed E-state index contributed by atoms with van der Waals surface area (Å²) in [7, 11) is 0. The second kappa shape index (κ2) is 3.50. The fourth-order valence-electron chi connectivity index (χ4n) is 2.23. The molecule has 0 amide bonds. The summed E-state index contributed by atoms with van der Waals surface area (Å²) in [6.45, 7) is 2.62. The predicted octanol–water partition coefficient (Wildman–Crippen LogP) is 1.83. The normalized spacial score (nSPS) is 18.3. The number of aromatic amines is 1. The molecule has 1 aromatic heterocycles. The van der Waals surface area contributed by atoms with Crippen LogP contribution in [0.1, 0.15) is 48.8 Å². The molecule has 0 unspecified atom stereocenters. The third-order valence-electron chi connectivity index (χ3n) is 2.91. The van der Waals surface area contributed by atoms with E-state index in [1.807, 2.05) is 0 Å². The zero-order chi connectivity index (χ0) is 9.26. The molecule has 72 valence electrons. The van der Waals surface area contributed by atoms with Crippen LogP contribution in [0, 0.1) is 6.92 Å². The van der Waals surface area contributed by atoms with Crippen molar-refractivity contribution in [3.63, 3.8) is 0 Å². The molecule has 0 radical (unpaired) electrons. The monoisotopic (exact) mass is 179 g/mol. The lowest BCUT2D eigenvalue weighted by Crippen LogP contribution is -1.99. The summed E-state index contributed by atoms with van der Waals surface area (Å²) < 4.78 is 0. The van der Waals surface area contributed by atoms with Crippen LogP contribution >= 0.6 is 0 Å². The van der Waals surface area contributed by atoms with Gasteiger partial charge in [-0.1, -0.05) is 12.8 Å². The van der Waals surface area contributed by atoms with Crippen LogP contribution in [0.3, 0.4) is 0 Å². The van der Waals surface area contributed by atoms with Crippen LogP contribution in [-0.4, -0.2) is 9.97 Å². The van der Waals surface area contributed by atoms with Gasteiger partial charge in [0.15, 0.2) is 0 Å². The zero-order valence-corrected chi connectivity index (χ0v) is 8.14. The number of H-pyrrole nitrogens is 1. The fraction of sp³-hybridized carbons (Fsp3) is 0.700. The fourth-order valence-corrected chi connectivity index (χ4v) is 2.23. The molecule has 0 bridgehead atoms. The largest absolute Gasteiger partial charge is 0.345 e. The minimum absolute atomic E-state index is 0.521. The van der Waals surface area contributed by atoms with E-state index in [0.717, 1.165) is 5.82 Å². The van der Waals surface area contributed by atoms with Gasteiger partial charge in [-0.3, -0.25) is 0 Å². The minimum atomic E-state index is 0.521. The first-order valence-electron chi connectivity index (χ1n) is 5.06. The van der Waals surface area contributed by atoms with Crippen molar-refractivity contribution in [1.82, 2.24) is 9.97 Å². The maximum atomic E-state index is 5.54. The number of hydrogen-bond acceptors (Lipinski definition) is 2. The molecule has 0 atom stereocenters. The lowest BCUT2D eigenvalue weighted by molar-refractivity contribution is 0.694. The highest BCUT2D eigenvalue weighted by molar-refractivity contribution is 5.18. The number of imidazole rings is 1. The Hall–Kier alpha value is -0.830. The van der Waals surface area contributed by atoms with E-state index in [1.54, 1.807) is 0 Å². The van der Waals surface area contributed by atoms with Crippen LogP contribution < -0.4 is 5.73 Å². The molecule has 0 spiro atoms. The zero-order valence-electron chi connectivity index (χ0n) is 8.14. The average Bonchev–Trinajstić information content (AvgIpc) is 2.72. The molecule has 3 N–H and O–H groups in total. The first kappa shape index (κ1) is 8.75. The maximum Gasteiger partial charge on any atom is 0.120 e. The Kier molecular flexibility index (Phi) is 2.36. The van der Waals surface area contributed by atoms with Crippen molar-refractivity contribution in [3.8, 4) is 0 Å². The molecule has 3 nitrogen and oxygen atoms in total. The highest BCUT2D eigenvalue weighted by atomic mass is 15.0. The van der Waals surface area contributed by atoms with Crippen molar-refractivity contribution < 1.29 is 0 Å². The van der Waals surface area contributed by atoms with Gasteiger partial charge >= 0.3 is 0 Å². The number of nitrogens with zero attached hydrogens (tertiary/aromatic N) is 1. The van der Waals surface area contributed by atoms with Gasteiger partial charge in [-0.05, 0) is 19.8 Å². The van der Waals surface area contributed by atoms with Gasteiger partial charge < -0.3 is 10.7 Å². The highest BCUT2D eigenvalue weighted by Crippen LogP contribution is 2.34. The van der Waals surface area contributed by atoms with Crippen molar-refractivity contribution in [3.05, 3.63) is 17.2 Å². The van der Waals surface area contributed by atoms with Crippen molar-refractivity contribution in [2.45, 2.75) is 45.1 Å². The Bertz CT molecular complexity index is 284. The minimum Gasteiger partial charge on any atom is -0.345 e. The Morgan fingerprint density at radius 3 is 2.69 bits per heavy atom. The van der Waals surface area contributed by atoms with E-state index in [1.165, 1.54) is 37.1 Å². The Labute approximate surface area is 78.7 Å². The molecule has 13 heavy (non-hydrogen) atoms. The molecular formula is C10H17N3. The summed E-state index contributed by atoms with van der Waals surface area (Å²) in [6, 6.07) is 0. The molecular weight excluding hydrogens is 162 g/mol. The van der Waals surface area contributed by atoms with Gasteiger partial charge in [0, 0.05) is 11.6 Å². The molecule has 1 aliphatic rings. The summed E-state index contributed by atoms with van der Waals surface area (Å²) in [5.74, 6) is 1.62. The number of nitrogens with one attached hydrogen (secondary N) is 1. The number of hydrogen-bond donors (Lipinski definition) is 2. The van der Waals surface area contributed by atoms with Crippen LogP contribution in [0.4, 0.5) is 0 Å². The first-order valence-corrected chi connectivity index (χ1v) is 5.06. The summed E-state index contributed by atoms with van der Waals surface area (Å²) in [5, 5.41) is 0. The molecule has 1 heterocycles. The second-order valence-corrected chi connectivity index (χ2v) is 3.88. The number of aromatic nitrogens is 2. The average molecular weight is 179 g/mol. The van der Waals surface area contributed by atoms with Gasteiger partial charge in [-0.25, -0.2) is 4.98 Å². The van der Waals surface area contributed by atoms with E-state index in [2.05, 4.69) is 16.9 Å². The van der Waals surface area contributed by atoms with E-state index < -0.39 is 0 Å². The summed E-state index contributed by atoms with van der Waals surface area (Å²) in [4.78, 5) is 7.76. The predicted molar refractivity (Wildman–Crippen MR) is 52.4 cm³/mol. The van der Waals surface area contributed by atoms with Crippen molar-refractivity contribution in [2.75, 3.05) is 0 Å². The van der Waals surface area contributed by atoms with Gasteiger partial charge in [-0.15, -0.1) is 0 Å². The SMILES string of the molecule is Cc1[nH]c(CN)nc1C1CCCC1. The van der Waals surface area contributed by atoms with E-state index in [-0.39, 0.29) is 0 Å². The summed E-state index contributed by atoms with van der Waals surface area (Å²) in [6.07, 6.45) is 5.31. The number of aryl methyl sites for hydroxylation is 1. The standard InChI is InChI=1S/C10H17N3/c1-7-10(8-4-2-3-5-8)13-9(6-11)12-7/h8H,2-6,11H2,1H3,(H,12,13). The first-order chi connectivity index (χ1) is 6.31. The van der Waals surface area contributed by atoms with Gasteiger partial charge in [-0.2, -0.15) is 0 Å². The Balaban J connectivity index is 2.22. The van der Waals surface area contributed by atoms with Gasteiger partial charge in [0.25, 0.3) is 0 Å². The van der Waals surface area contributed by atoms with Crippen molar-refractivity contribution >= 4 is 0 Å². The number of nitrogens with two attached hydrogens (primary N) is 1. The molecule has 0 saturated heterocycles. The van der Waals surface area contributed by atoms with Crippen LogP contribution in [0.25, 0.3) is 0 Å². The van der Waals surface area contributed by atoms with E-state index >= 15 is 0 Å². The smallest absolute Gasteiger partial charge is 0.120 e. The quantitative estimate of drug-likeness (QED) is 0.727. The van der Waals surface area contributed by atoms with Crippen LogP contribution in [0.5, 0.6) is 0 Å². The third kappa shape index (κ3) is 1.61. The third-order valence-corrected chi connectivity index (χ3v) is 2.91. The van der Waals surface area contributed by atoms with E-state index in [4.69, 9.17) is 5.73 Å². The van der Waals surface area contributed by atoms with Crippen LogP contribution in [-0.2, 0) is 6.54 Å². The molecule has 1 aliphatic carbocycles. The highest BCUT2D eigenvalue weighted by Gasteiger charge is 2.21. The molecule has 1 fully saturated rings. The second-order valence-electron chi connectivity index (χ2n) is 3.88. The van der Waals surface area contributed by atoms with Crippen LogP contribution in [0.15, 0.2) is 0 Å². The van der Waals surface area contributed by atoms with Crippen LogP contribution in [0.2, 0.25) is 0 Å². The van der Waals surface area contributed by atoms with Gasteiger partial charge in [0.2, 0.25) is 0 Å². The number of rotatable bonds is 2. The molecule has 0 aromatic carbocycles. The topological polar surface area (TPSA) is 54.7 Å². The summed E-state index contributed by atoms with van der Waals surface area (Å²) in [5.41, 5.74) is 8.01. The summed E-state index contributed by atoms with van der Waals surface area (Å²) >= 11 is 0. The van der Waals surface area contributed by atoms with Crippen molar-refractivity contribution in [1.29, 1.82) is 0 Å². The molecule has 3 heteroatoms. The van der Waals surface area contributed by atoms with Gasteiger partial charge in [0.05, 0.1) is 12.2 Å². The molecule has 2 rings (SSSR count).